The Hall–Kier alpha value is -1.45. The number of imidazole rings is 1. The average molecular weight is 263 g/mol. The molecule has 96 valence electrons. The highest BCUT2D eigenvalue weighted by Gasteiger charge is 2.26. The predicted molar refractivity (Wildman–Crippen MR) is 56.7 cm³/mol. The fourth-order valence-electron chi connectivity index (χ4n) is 1.14. The Kier molecular flexibility index (Phi) is 4.21. The molecule has 1 unspecified atom stereocenters. The molecule has 0 aliphatic carbocycles. The molecule has 0 aliphatic heterocycles. The number of aryl methyl sites for hydroxylation is 1. The van der Waals surface area contributed by atoms with Gasteiger partial charge in [-0.1, -0.05) is 0 Å². The molecule has 1 heterocycles. The van der Waals surface area contributed by atoms with Crippen molar-refractivity contribution in [3.05, 3.63) is 12.5 Å². The minimum atomic E-state index is -3.98. The van der Waals surface area contributed by atoms with Crippen molar-refractivity contribution in [2.24, 2.45) is 7.05 Å². The van der Waals surface area contributed by atoms with Crippen LogP contribution in [0.4, 0.5) is 0 Å². The molecule has 17 heavy (non-hydrogen) atoms. The molecule has 1 rings (SSSR count). The Bertz CT molecular complexity index is 495. The monoisotopic (exact) mass is 263 g/mol. The van der Waals surface area contributed by atoms with Crippen LogP contribution in [0.5, 0.6) is 0 Å². The van der Waals surface area contributed by atoms with Crippen molar-refractivity contribution in [1.29, 1.82) is 0 Å². The third kappa shape index (κ3) is 3.51. The summed E-state index contributed by atoms with van der Waals surface area (Å²) in [4.78, 5) is 14.4. The second kappa shape index (κ2) is 5.25. The number of aliphatic carboxylic acids is 1. The van der Waals surface area contributed by atoms with Crippen LogP contribution in [0.2, 0.25) is 0 Å². The molecule has 0 saturated heterocycles. The number of rotatable bonds is 6. The Balaban J connectivity index is 2.88. The van der Waals surface area contributed by atoms with Crippen molar-refractivity contribution in [3.8, 4) is 0 Å². The van der Waals surface area contributed by atoms with Gasteiger partial charge in [0.15, 0.2) is 5.03 Å². The number of hydrogen-bond donors (Lipinski definition) is 3. The third-order valence-electron chi connectivity index (χ3n) is 1.97. The first-order valence-corrected chi connectivity index (χ1v) is 6.19. The molecule has 8 nitrogen and oxygen atoms in total. The van der Waals surface area contributed by atoms with Crippen molar-refractivity contribution in [2.75, 3.05) is 6.61 Å². The quantitative estimate of drug-likeness (QED) is 0.576. The number of aliphatic hydroxyl groups excluding tert-OH is 1. The summed E-state index contributed by atoms with van der Waals surface area (Å²) in [5.74, 6) is -1.35. The van der Waals surface area contributed by atoms with E-state index in [9.17, 15) is 13.2 Å². The molecule has 1 aromatic heterocycles. The zero-order chi connectivity index (χ0) is 13.1. The third-order valence-corrected chi connectivity index (χ3v) is 3.33. The van der Waals surface area contributed by atoms with Crippen molar-refractivity contribution in [1.82, 2.24) is 14.3 Å². The summed E-state index contributed by atoms with van der Waals surface area (Å²) in [5.41, 5.74) is 0. The zero-order valence-electron chi connectivity index (χ0n) is 9.07. The normalized spacial score (nSPS) is 13.5. The summed E-state index contributed by atoms with van der Waals surface area (Å²) < 4.78 is 26.8. The van der Waals surface area contributed by atoms with Crippen molar-refractivity contribution in [3.63, 3.8) is 0 Å². The van der Waals surface area contributed by atoms with Crippen molar-refractivity contribution < 1.29 is 23.4 Å². The van der Waals surface area contributed by atoms with Crippen molar-refractivity contribution in [2.45, 2.75) is 17.5 Å². The number of sulfonamides is 1. The first-order chi connectivity index (χ1) is 7.86. The number of nitrogens with one attached hydrogen (secondary N) is 1. The molecular formula is C8H13N3O5S. The molecular weight excluding hydrogens is 250 g/mol. The smallest absolute Gasteiger partial charge is 0.321 e. The van der Waals surface area contributed by atoms with Gasteiger partial charge in [0.05, 0.1) is 6.33 Å². The Morgan fingerprint density at radius 1 is 1.65 bits per heavy atom. The fraction of sp³-hybridized carbons (Fsp3) is 0.500. The van der Waals surface area contributed by atoms with Gasteiger partial charge in [0.1, 0.15) is 6.04 Å². The van der Waals surface area contributed by atoms with E-state index in [4.69, 9.17) is 10.2 Å². The van der Waals surface area contributed by atoms with E-state index in [-0.39, 0.29) is 11.4 Å². The van der Waals surface area contributed by atoms with Gasteiger partial charge in [-0.15, -0.1) is 0 Å². The SMILES string of the molecule is Cn1cnc(S(=O)(=O)NC(CCO)C(=O)O)c1. The molecule has 0 spiro atoms. The largest absolute Gasteiger partial charge is 0.480 e. The van der Waals surface area contributed by atoms with Crippen LogP contribution in [0, 0.1) is 0 Å². The number of carbonyl (C=O) groups is 1. The number of carboxylic acid groups (broad SMARTS) is 1. The maximum atomic E-state index is 11.7. The van der Waals surface area contributed by atoms with Crippen LogP contribution in [0.1, 0.15) is 6.42 Å². The lowest BCUT2D eigenvalue weighted by atomic mass is 10.2. The van der Waals surface area contributed by atoms with Gasteiger partial charge in [-0.3, -0.25) is 4.79 Å². The van der Waals surface area contributed by atoms with Crippen LogP contribution in [0.25, 0.3) is 0 Å². The topological polar surface area (TPSA) is 122 Å². The van der Waals surface area contributed by atoms with E-state index in [1.807, 2.05) is 4.72 Å². The molecule has 0 saturated carbocycles. The number of carboxylic acids is 1. The molecule has 3 N–H and O–H groups in total. The van der Waals surface area contributed by atoms with E-state index >= 15 is 0 Å². The Morgan fingerprint density at radius 3 is 2.71 bits per heavy atom. The summed E-state index contributed by atoms with van der Waals surface area (Å²) in [6.45, 7) is -0.429. The molecule has 0 fully saturated rings. The highest BCUT2D eigenvalue weighted by molar-refractivity contribution is 7.89. The predicted octanol–water partition coefficient (Wildman–Crippen LogP) is -1.47. The van der Waals surface area contributed by atoms with Crippen LogP contribution in [0.3, 0.4) is 0 Å². The standard InChI is InChI=1S/C8H13N3O5S/c1-11-4-7(9-5-11)17(15,16)10-6(2-3-12)8(13)14/h4-6,10,12H,2-3H2,1H3,(H,13,14). The fourth-order valence-corrected chi connectivity index (χ4v) is 2.34. The van der Waals surface area contributed by atoms with Crippen LogP contribution < -0.4 is 4.72 Å². The second-order valence-electron chi connectivity index (χ2n) is 3.40. The van der Waals surface area contributed by atoms with Gasteiger partial charge in [-0.05, 0) is 6.42 Å². The summed E-state index contributed by atoms with van der Waals surface area (Å²) >= 11 is 0. The van der Waals surface area contributed by atoms with Crippen LogP contribution in [-0.2, 0) is 21.9 Å². The number of nitrogens with zero attached hydrogens (tertiary/aromatic N) is 2. The molecule has 9 heteroatoms. The average Bonchev–Trinajstić information content (AvgIpc) is 2.64. The van der Waals surface area contributed by atoms with E-state index in [1.54, 1.807) is 7.05 Å². The van der Waals surface area contributed by atoms with Gasteiger partial charge in [0.2, 0.25) is 0 Å². The van der Waals surface area contributed by atoms with E-state index < -0.39 is 28.6 Å². The Labute approximate surface area is 98.0 Å². The molecule has 0 amide bonds. The van der Waals surface area contributed by atoms with Crippen LogP contribution in [0.15, 0.2) is 17.6 Å². The first-order valence-electron chi connectivity index (χ1n) is 4.71. The summed E-state index contributed by atoms with van der Waals surface area (Å²) in [6.07, 6.45) is 2.33. The summed E-state index contributed by atoms with van der Waals surface area (Å²) in [6, 6.07) is -1.37. The number of hydrogen-bond acceptors (Lipinski definition) is 5. The van der Waals surface area contributed by atoms with E-state index in [0.29, 0.717) is 0 Å². The Morgan fingerprint density at radius 2 is 2.29 bits per heavy atom. The van der Waals surface area contributed by atoms with E-state index in [0.717, 1.165) is 0 Å². The zero-order valence-corrected chi connectivity index (χ0v) is 9.88. The number of aromatic nitrogens is 2. The molecule has 0 bridgehead atoms. The molecule has 0 aliphatic rings. The van der Waals surface area contributed by atoms with E-state index in [2.05, 4.69) is 4.98 Å². The van der Waals surface area contributed by atoms with Gasteiger partial charge in [0.25, 0.3) is 10.0 Å². The van der Waals surface area contributed by atoms with Gasteiger partial charge < -0.3 is 14.8 Å². The van der Waals surface area contributed by atoms with Gasteiger partial charge in [-0.2, -0.15) is 4.72 Å². The second-order valence-corrected chi connectivity index (χ2v) is 5.06. The molecule has 1 aromatic rings. The molecule has 0 radical (unpaired) electrons. The highest BCUT2D eigenvalue weighted by Crippen LogP contribution is 2.06. The lowest BCUT2D eigenvalue weighted by Crippen LogP contribution is -2.41. The van der Waals surface area contributed by atoms with Crippen LogP contribution in [-0.4, -0.2) is 46.8 Å². The molecule has 0 aromatic carbocycles. The minimum Gasteiger partial charge on any atom is -0.480 e. The lowest BCUT2D eigenvalue weighted by molar-refractivity contribution is -0.139. The summed E-state index contributed by atoms with van der Waals surface area (Å²) in [5, 5.41) is 17.1. The van der Waals surface area contributed by atoms with Gasteiger partial charge >= 0.3 is 5.97 Å². The highest BCUT2D eigenvalue weighted by atomic mass is 32.2. The first kappa shape index (κ1) is 13.6. The minimum absolute atomic E-state index is 0.207. The van der Waals surface area contributed by atoms with Crippen LogP contribution >= 0.6 is 0 Å². The number of aliphatic hydroxyl groups is 1. The lowest BCUT2D eigenvalue weighted by Gasteiger charge is -2.11. The maximum Gasteiger partial charge on any atom is 0.321 e. The summed E-state index contributed by atoms with van der Waals surface area (Å²) in [7, 11) is -2.39. The van der Waals surface area contributed by atoms with Gasteiger partial charge in [0, 0.05) is 19.9 Å². The van der Waals surface area contributed by atoms with E-state index in [1.165, 1.54) is 17.1 Å². The van der Waals surface area contributed by atoms with Crippen molar-refractivity contribution >= 4 is 16.0 Å². The molecule has 1 atom stereocenters. The van der Waals surface area contributed by atoms with Gasteiger partial charge in [-0.25, -0.2) is 13.4 Å². The maximum absolute atomic E-state index is 11.7.